The Hall–Kier alpha value is -3.14. The maximum absolute atomic E-state index is 5.68. The Morgan fingerprint density at radius 1 is 0.875 bits per heavy atom. The number of benzene rings is 2. The second kappa shape index (κ2) is 6.54. The minimum Gasteiger partial charge on any atom is -0.438 e. The van der Waals surface area contributed by atoms with Crippen LogP contribution in [-0.2, 0) is 4.84 Å². The number of rotatable bonds is 3. The van der Waals surface area contributed by atoms with E-state index in [0.717, 1.165) is 5.56 Å². The summed E-state index contributed by atoms with van der Waals surface area (Å²) >= 11 is 0. The highest BCUT2D eigenvalue weighted by Crippen LogP contribution is 2.30. The molecule has 0 radical (unpaired) electrons. The molecule has 24 heavy (non-hydrogen) atoms. The standard InChI is InChI=1S/C20H16N2O2/c1-2-5-15(6-3-1)16-8-10-17(11-9-16)19-13-20(22-24-19)23-18-7-4-12-21-14-18/h1-12,14,19H,13H2/t19-/m1/s1. The zero-order valence-corrected chi connectivity index (χ0v) is 13.0. The number of nitrogens with zero attached hydrogens (tertiary/aromatic N) is 2. The van der Waals surface area contributed by atoms with Gasteiger partial charge in [-0.2, -0.15) is 0 Å². The van der Waals surface area contributed by atoms with Crippen molar-refractivity contribution < 1.29 is 9.57 Å². The number of hydrogen-bond donors (Lipinski definition) is 0. The quantitative estimate of drug-likeness (QED) is 0.709. The summed E-state index contributed by atoms with van der Waals surface area (Å²) in [7, 11) is 0. The van der Waals surface area contributed by atoms with E-state index < -0.39 is 0 Å². The van der Waals surface area contributed by atoms with Crippen LogP contribution in [0.4, 0.5) is 0 Å². The fourth-order valence-corrected chi connectivity index (χ4v) is 2.66. The lowest BCUT2D eigenvalue weighted by Crippen LogP contribution is -2.07. The van der Waals surface area contributed by atoms with Gasteiger partial charge in [-0.05, 0) is 28.8 Å². The van der Waals surface area contributed by atoms with Crippen molar-refractivity contribution in [2.24, 2.45) is 5.16 Å². The minimum atomic E-state index is -0.110. The molecule has 4 rings (SSSR count). The van der Waals surface area contributed by atoms with E-state index in [0.29, 0.717) is 18.1 Å². The van der Waals surface area contributed by atoms with Gasteiger partial charge in [-0.1, -0.05) is 59.8 Å². The third kappa shape index (κ3) is 3.13. The molecule has 2 aromatic carbocycles. The monoisotopic (exact) mass is 316 g/mol. The van der Waals surface area contributed by atoms with Crippen molar-refractivity contribution in [1.29, 1.82) is 0 Å². The predicted molar refractivity (Wildman–Crippen MR) is 92.6 cm³/mol. The van der Waals surface area contributed by atoms with E-state index in [1.807, 2.05) is 30.3 Å². The molecule has 0 N–H and O–H groups in total. The highest BCUT2D eigenvalue weighted by Gasteiger charge is 2.24. The average molecular weight is 316 g/mol. The molecule has 0 aliphatic carbocycles. The van der Waals surface area contributed by atoms with Gasteiger partial charge in [0.05, 0.1) is 12.6 Å². The van der Waals surface area contributed by atoms with Crippen molar-refractivity contribution in [3.8, 4) is 16.9 Å². The lowest BCUT2D eigenvalue weighted by molar-refractivity contribution is 0.0855. The molecule has 3 aromatic rings. The third-order valence-electron chi connectivity index (χ3n) is 3.90. The van der Waals surface area contributed by atoms with Crippen LogP contribution in [-0.4, -0.2) is 10.9 Å². The second-order valence-corrected chi connectivity index (χ2v) is 5.56. The highest BCUT2D eigenvalue weighted by atomic mass is 16.7. The van der Waals surface area contributed by atoms with E-state index in [2.05, 4.69) is 46.5 Å². The van der Waals surface area contributed by atoms with Crippen LogP contribution in [0.1, 0.15) is 18.1 Å². The van der Waals surface area contributed by atoms with Crippen LogP contribution >= 0.6 is 0 Å². The maximum atomic E-state index is 5.68. The molecule has 0 saturated heterocycles. The highest BCUT2D eigenvalue weighted by molar-refractivity contribution is 5.79. The minimum absolute atomic E-state index is 0.110. The van der Waals surface area contributed by atoms with Gasteiger partial charge in [-0.25, -0.2) is 0 Å². The molecule has 118 valence electrons. The van der Waals surface area contributed by atoms with Crippen LogP contribution in [0.2, 0.25) is 0 Å². The normalized spacial score (nSPS) is 16.3. The molecule has 0 amide bonds. The molecular weight excluding hydrogens is 300 g/mol. The number of aromatic nitrogens is 1. The first-order valence-corrected chi connectivity index (χ1v) is 7.84. The molecule has 2 heterocycles. The fraction of sp³-hybridized carbons (Fsp3) is 0.100. The molecule has 0 unspecified atom stereocenters. The van der Waals surface area contributed by atoms with Crippen molar-refractivity contribution in [2.45, 2.75) is 12.5 Å². The fourth-order valence-electron chi connectivity index (χ4n) is 2.66. The molecule has 1 aromatic heterocycles. The first-order chi connectivity index (χ1) is 11.9. The van der Waals surface area contributed by atoms with Crippen LogP contribution in [0, 0.1) is 0 Å². The Morgan fingerprint density at radius 2 is 1.67 bits per heavy atom. The van der Waals surface area contributed by atoms with E-state index in [4.69, 9.17) is 9.57 Å². The van der Waals surface area contributed by atoms with Crippen LogP contribution in [0.15, 0.2) is 84.3 Å². The van der Waals surface area contributed by atoms with Crippen LogP contribution in [0.5, 0.6) is 5.75 Å². The molecule has 0 fully saturated rings. The summed E-state index contributed by atoms with van der Waals surface area (Å²) in [5, 5.41) is 4.04. The van der Waals surface area contributed by atoms with Gasteiger partial charge in [0.15, 0.2) is 6.10 Å². The van der Waals surface area contributed by atoms with Crippen LogP contribution in [0.3, 0.4) is 0 Å². The van der Waals surface area contributed by atoms with Crippen molar-refractivity contribution in [1.82, 2.24) is 4.98 Å². The first-order valence-electron chi connectivity index (χ1n) is 7.84. The van der Waals surface area contributed by atoms with Crippen molar-refractivity contribution in [3.63, 3.8) is 0 Å². The molecule has 1 atom stereocenters. The summed E-state index contributed by atoms with van der Waals surface area (Å²) < 4.78 is 5.68. The summed E-state index contributed by atoms with van der Waals surface area (Å²) in [6, 6.07) is 22.3. The van der Waals surface area contributed by atoms with E-state index >= 15 is 0 Å². The summed E-state index contributed by atoms with van der Waals surface area (Å²) in [4.78, 5) is 9.53. The summed E-state index contributed by atoms with van der Waals surface area (Å²) in [6.45, 7) is 0. The van der Waals surface area contributed by atoms with Gasteiger partial charge in [-0.3, -0.25) is 4.98 Å². The number of pyridine rings is 1. The second-order valence-electron chi connectivity index (χ2n) is 5.56. The molecule has 1 aliphatic heterocycles. The van der Waals surface area contributed by atoms with Gasteiger partial charge < -0.3 is 9.57 Å². The van der Waals surface area contributed by atoms with E-state index in [1.54, 1.807) is 12.4 Å². The predicted octanol–water partition coefficient (Wildman–Crippen LogP) is 4.60. The Bertz CT molecular complexity index is 831. The molecule has 0 bridgehead atoms. The first kappa shape index (κ1) is 14.5. The molecule has 4 nitrogen and oxygen atoms in total. The lowest BCUT2D eigenvalue weighted by Gasteiger charge is -2.09. The SMILES string of the molecule is c1ccc(-c2ccc([C@H]3CC(Oc4cccnc4)=NO3)cc2)cc1. The summed E-state index contributed by atoms with van der Waals surface area (Å²) in [6.07, 6.45) is 3.86. The lowest BCUT2D eigenvalue weighted by atomic mass is 10.0. The van der Waals surface area contributed by atoms with Crippen molar-refractivity contribution in [2.75, 3.05) is 0 Å². The van der Waals surface area contributed by atoms with E-state index in [1.165, 1.54) is 11.1 Å². The zero-order chi connectivity index (χ0) is 16.2. The number of ether oxygens (including phenoxy) is 1. The van der Waals surface area contributed by atoms with E-state index in [9.17, 15) is 0 Å². The third-order valence-corrected chi connectivity index (χ3v) is 3.90. The largest absolute Gasteiger partial charge is 0.438 e. The molecule has 0 spiro atoms. The summed E-state index contributed by atoms with van der Waals surface area (Å²) in [5.74, 6) is 1.24. The van der Waals surface area contributed by atoms with Gasteiger partial charge in [0.1, 0.15) is 5.75 Å². The van der Waals surface area contributed by atoms with Gasteiger partial charge in [-0.15, -0.1) is 0 Å². The number of oxime groups is 1. The zero-order valence-electron chi connectivity index (χ0n) is 13.0. The smallest absolute Gasteiger partial charge is 0.235 e. The Balaban J connectivity index is 1.43. The van der Waals surface area contributed by atoms with Crippen LogP contribution in [0.25, 0.3) is 11.1 Å². The van der Waals surface area contributed by atoms with E-state index in [-0.39, 0.29) is 6.10 Å². The average Bonchev–Trinajstić information content (AvgIpc) is 3.12. The van der Waals surface area contributed by atoms with Crippen molar-refractivity contribution in [3.05, 3.63) is 84.7 Å². The molecular formula is C20H16N2O2. The molecule has 4 heteroatoms. The Kier molecular flexibility index (Phi) is 3.94. The summed E-state index contributed by atoms with van der Waals surface area (Å²) in [5.41, 5.74) is 3.47. The van der Waals surface area contributed by atoms with Gasteiger partial charge in [0.25, 0.3) is 0 Å². The Labute approximate surface area is 140 Å². The van der Waals surface area contributed by atoms with Gasteiger partial charge in [0.2, 0.25) is 5.90 Å². The van der Waals surface area contributed by atoms with Crippen molar-refractivity contribution >= 4 is 5.90 Å². The van der Waals surface area contributed by atoms with Gasteiger partial charge in [0, 0.05) is 6.20 Å². The Morgan fingerprint density at radius 3 is 2.42 bits per heavy atom. The maximum Gasteiger partial charge on any atom is 0.235 e. The molecule has 0 saturated carbocycles. The van der Waals surface area contributed by atoms with Crippen LogP contribution < -0.4 is 4.74 Å². The molecule has 1 aliphatic rings. The topological polar surface area (TPSA) is 43.7 Å². The van der Waals surface area contributed by atoms with Gasteiger partial charge >= 0.3 is 0 Å². The number of hydrogen-bond acceptors (Lipinski definition) is 4.